The summed E-state index contributed by atoms with van der Waals surface area (Å²) in [6.45, 7) is 5.50. The van der Waals surface area contributed by atoms with E-state index in [9.17, 15) is 0 Å². The second-order valence-electron chi connectivity index (χ2n) is 4.95. The number of thiophene rings is 1. The smallest absolute Gasteiger partial charge is 0.0652 e. The molecular formula is C12H18BrNOS. The summed E-state index contributed by atoms with van der Waals surface area (Å²) in [6.07, 6.45) is 1.52. The highest BCUT2D eigenvalue weighted by atomic mass is 79.9. The summed E-state index contributed by atoms with van der Waals surface area (Å²) in [6, 6.07) is 2.75. The third-order valence-electron chi connectivity index (χ3n) is 3.61. The molecule has 0 saturated heterocycles. The molecule has 1 heterocycles. The van der Waals surface area contributed by atoms with Crippen molar-refractivity contribution in [2.45, 2.75) is 39.0 Å². The molecule has 4 heteroatoms. The summed E-state index contributed by atoms with van der Waals surface area (Å²) >= 11 is 5.27. The standard InChI is InChI=1S/C12H18BrNOS/c1-12(2)10(5-11(12)15-3)14-6-9-4-8(13)7-16-9/h4,7,10-11,14H,5-6H2,1-3H3. The molecule has 1 aromatic rings. The monoisotopic (exact) mass is 303 g/mol. The van der Waals surface area contributed by atoms with Crippen LogP contribution >= 0.6 is 27.3 Å². The number of nitrogens with one attached hydrogen (secondary N) is 1. The van der Waals surface area contributed by atoms with Crippen LogP contribution in [0.1, 0.15) is 25.1 Å². The molecule has 1 saturated carbocycles. The molecule has 0 aromatic carbocycles. The van der Waals surface area contributed by atoms with Crippen molar-refractivity contribution in [3.05, 3.63) is 20.8 Å². The summed E-state index contributed by atoms with van der Waals surface area (Å²) in [5, 5.41) is 5.74. The molecule has 2 unspecified atom stereocenters. The molecule has 1 aliphatic rings. The first-order chi connectivity index (χ1) is 7.54. The Morgan fingerprint density at radius 3 is 2.88 bits per heavy atom. The van der Waals surface area contributed by atoms with Crippen LogP contribution in [0.5, 0.6) is 0 Å². The van der Waals surface area contributed by atoms with Gasteiger partial charge in [-0.15, -0.1) is 11.3 Å². The summed E-state index contributed by atoms with van der Waals surface area (Å²) in [4.78, 5) is 1.38. The van der Waals surface area contributed by atoms with E-state index in [1.54, 1.807) is 18.4 Å². The highest BCUT2D eigenvalue weighted by Gasteiger charge is 2.48. The van der Waals surface area contributed by atoms with Crippen LogP contribution in [0.3, 0.4) is 0 Å². The Kier molecular flexibility index (Phi) is 3.74. The molecule has 2 nitrogen and oxygen atoms in total. The van der Waals surface area contributed by atoms with Crippen molar-refractivity contribution in [2.24, 2.45) is 5.41 Å². The molecular weight excluding hydrogens is 286 g/mol. The Hall–Kier alpha value is 0.1000. The van der Waals surface area contributed by atoms with E-state index in [4.69, 9.17) is 4.74 Å². The molecule has 0 radical (unpaired) electrons. The molecule has 0 amide bonds. The van der Waals surface area contributed by atoms with Crippen molar-refractivity contribution in [3.63, 3.8) is 0 Å². The first-order valence-corrected chi connectivity index (χ1v) is 7.20. The van der Waals surface area contributed by atoms with Crippen LogP contribution in [0, 0.1) is 5.41 Å². The average Bonchev–Trinajstić information content (AvgIpc) is 2.63. The maximum Gasteiger partial charge on any atom is 0.0652 e. The minimum absolute atomic E-state index is 0.253. The van der Waals surface area contributed by atoms with Crippen LogP contribution in [-0.4, -0.2) is 19.3 Å². The van der Waals surface area contributed by atoms with E-state index >= 15 is 0 Å². The quantitative estimate of drug-likeness (QED) is 0.920. The first kappa shape index (κ1) is 12.6. The lowest BCUT2D eigenvalue weighted by Crippen LogP contribution is -2.60. The minimum atomic E-state index is 0.253. The third-order valence-corrected chi connectivity index (χ3v) is 5.30. The Morgan fingerprint density at radius 1 is 1.62 bits per heavy atom. The second-order valence-corrected chi connectivity index (χ2v) is 6.86. The number of ether oxygens (including phenoxy) is 1. The molecule has 0 aliphatic heterocycles. The zero-order valence-electron chi connectivity index (χ0n) is 9.92. The zero-order chi connectivity index (χ0) is 11.8. The van der Waals surface area contributed by atoms with Gasteiger partial charge in [-0.25, -0.2) is 0 Å². The fraction of sp³-hybridized carbons (Fsp3) is 0.667. The van der Waals surface area contributed by atoms with Crippen LogP contribution < -0.4 is 5.32 Å². The molecule has 16 heavy (non-hydrogen) atoms. The molecule has 1 fully saturated rings. The van der Waals surface area contributed by atoms with Crippen molar-refractivity contribution in [1.29, 1.82) is 0 Å². The maximum absolute atomic E-state index is 5.44. The topological polar surface area (TPSA) is 21.3 Å². The lowest BCUT2D eigenvalue weighted by Gasteiger charge is -2.51. The van der Waals surface area contributed by atoms with Gasteiger partial charge in [0.1, 0.15) is 0 Å². The Labute approximate surface area is 110 Å². The number of hydrogen-bond donors (Lipinski definition) is 1. The SMILES string of the molecule is COC1CC(NCc2cc(Br)cs2)C1(C)C. The van der Waals surface area contributed by atoms with Gasteiger partial charge in [0, 0.05) is 39.8 Å². The van der Waals surface area contributed by atoms with E-state index in [0.29, 0.717) is 12.1 Å². The van der Waals surface area contributed by atoms with Crippen molar-refractivity contribution in [2.75, 3.05) is 7.11 Å². The van der Waals surface area contributed by atoms with E-state index in [-0.39, 0.29) is 5.41 Å². The van der Waals surface area contributed by atoms with Crippen molar-refractivity contribution < 1.29 is 4.74 Å². The van der Waals surface area contributed by atoms with E-state index < -0.39 is 0 Å². The number of hydrogen-bond acceptors (Lipinski definition) is 3. The molecule has 2 atom stereocenters. The van der Waals surface area contributed by atoms with Gasteiger partial charge in [0.25, 0.3) is 0 Å². The van der Waals surface area contributed by atoms with E-state index in [1.807, 2.05) is 0 Å². The molecule has 0 bridgehead atoms. The molecule has 90 valence electrons. The zero-order valence-corrected chi connectivity index (χ0v) is 12.3. The molecule has 2 rings (SSSR count). The predicted octanol–water partition coefficient (Wildman–Crippen LogP) is 3.41. The summed E-state index contributed by atoms with van der Waals surface area (Å²) in [5.41, 5.74) is 0.253. The average molecular weight is 304 g/mol. The van der Waals surface area contributed by atoms with Gasteiger partial charge in [-0.05, 0) is 28.4 Å². The molecule has 1 aromatic heterocycles. The largest absolute Gasteiger partial charge is 0.381 e. The third kappa shape index (κ3) is 2.35. The highest BCUT2D eigenvalue weighted by molar-refractivity contribution is 9.10. The lowest BCUT2D eigenvalue weighted by molar-refractivity contribution is -0.0978. The van der Waals surface area contributed by atoms with Gasteiger partial charge in [-0.3, -0.25) is 0 Å². The van der Waals surface area contributed by atoms with Crippen LogP contribution in [0.2, 0.25) is 0 Å². The number of methoxy groups -OCH3 is 1. The normalized spacial score (nSPS) is 27.8. The molecule has 1 aliphatic carbocycles. The van der Waals surface area contributed by atoms with Crippen LogP contribution in [0.4, 0.5) is 0 Å². The van der Waals surface area contributed by atoms with E-state index in [2.05, 4.69) is 46.5 Å². The number of halogens is 1. The van der Waals surface area contributed by atoms with Gasteiger partial charge in [0.15, 0.2) is 0 Å². The van der Waals surface area contributed by atoms with Crippen LogP contribution in [-0.2, 0) is 11.3 Å². The van der Waals surface area contributed by atoms with Gasteiger partial charge in [-0.2, -0.15) is 0 Å². The van der Waals surface area contributed by atoms with Gasteiger partial charge in [-0.1, -0.05) is 13.8 Å². The van der Waals surface area contributed by atoms with Gasteiger partial charge in [0.05, 0.1) is 6.10 Å². The Balaban J connectivity index is 1.84. The minimum Gasteiger partial charge on any atom is -0.381 e. The predicted molar refractivity (Wildman–Crippen MR) is 71.8 cm³/mol. The molecule has 0 spiro atoms. The van der Waals surface area contributed by atoms with Crippen molar-refractivity contribution in [1.82, 2.24) is 5.32 Å². The number of rotatable bonds is 4. The summed E-state index contributed by atoms with van der Waals surface area (Å²) < 4.78 is 6.62. The van der Waals surface area contributed by atoms with E-state index in [1.165, 1.54) is 9.35 Å². The highest BCUT2D eigenvalue weighted by Crippen LogP contribution is 2.42. The van der Waals surface area contributed by atoms with Crippen LogP contribution in [0.15, 0.2) is 15.9 Å². The molecule has 1 N–H and O–H groups in total. The van der Waals surface area contributed by atoms with Gasteiger partial charge in [0.2, 0.25) is 0 Å². The van der Waals surface area contributed by atoms with E-state index in [0.717, 1.165) is 13.0 Å². The Morgan fingerprint density at radius 2 is 2.38 bits per heavy atom. The fourth-order valence-corrected chi connectivity index (χ4v) is 3.70. The second kappa shape index (κ2) is 4.77. The Bertz CT molecular complexity index is 364. The maximum atomic E-state index is 5.44. The van der Waals surface area contributed by atoms with Gasteiger partial charge < -0.3 is 10.1 Å². The van der Waals surface area contributed by atoms with Crippen LogP contribution in [0.25, 0.3) is 0 Å². The summed E-state index contributed by atoms with van der Waals surface area (Å²) in [5.74, 6) is 0. The lowest BCUT2D eigenvalue weighted by atomic mass is 9.64. The van der Waals surface area contributed by atoms with Gasteiger partial charge >= 0.3 is 0 Å². The summed E-state index contributed by atoms with van der Waals surface area (Å²) in [7, 11) is 1.80. The fourth-order valence-electron chi connectivity index (χ4n) is 2.30. The first-order valence-electron chi connectivity index (χ1n) is 5.53. The van der Waals surface area contributed by atoms with Crippen molar-refractivity contribution in [3.8, 4) is 0 Å². The van der Waals surface area contributed by atoms with Crippen molar-refractivity contribution >= 4 is 27.3 Å².